The van der Waals surface area contributed by atoms with Crippen molar-refractivity contribution in [3.8, 4) is 0 Å². The molecular formula is C14H21N3O2. The van der Waals surface area contributed by atoms with E-state index < -0.39 is 0 Å². The standard InChI is InChI=1S/C14H21N3O2/c1-3-14(8-5-9-14)10-16-12-7-4-6-11(15-2)13(12)17(18)19/h4,6-7,15-16H,3,5,8-10H2,1-2H3. The molecule has 2 N–H and O–H groups in total. The zero-order valence-electron chi connectivity index (χ0n) is 11.5. The number of nitro benzene ring substituents is 1. The van der Waals surface area contributed by atoms with Gasteiger partial charge in [0.25, 0.3) is 0 Å². The Kier molecular flexibility index (Phi) is 3.93. The molecule has 104 valence electrons. The number of rotatable bonds is 6. The maximum absolute atomic E-state index is 11.2. The highest BCUT2D eigenvalue weighted by molar-refractivity contribution is 5.76. The van der Waals surface area contributed by atoms with Gasteiger partial charge in [0.15, 0.2) is 0 Å². The summed E-state index contributed by atoms with van der Waals surface area (Å²) in [6, 6.07) is 5.34. The lowest BCUT2D eigenvalue weighted by molar-refractivity contribution is -0.383. The van der Waals surface area contributed by atoms with Crippen LogP contribution in [0.2, 0.25) is 0 Å². The SMILES string of the molecule is CCC1(CNc2cccc(NC)c2[N+](=O)[O-])CCC1. The molecule has 1 fully saturated rings. The summed E-state index contributed by atoms with van der Waals surface area (Å²) in [5.41, 5.74) is 1.63. The molecule has 0 amide bonds. The van der Waals surface area contributed by atoms with E-state index in [4.69, 9.17) is 0 Å². The number of hydrogen-bond acceptors (Lipinski definition) is 4. The summed E-state index contributed by atoms with van der Waals surface area (Å²) >= 11 is 0. The Morgan fingerprint density at radius 1 is 1.37 bits per heavy atom. The fraction of sp³-hybridized carbons (Fsp3) is 0.571. The molecule has 19 heavy (non-hydrogen) atoms. The zero-order valence-corrected chi connectivity index (χ0v) is 11.5. The van der Waals surface area contributed by atoms with Crippen LogP contribution in [0.15, 0.2) is 18.2 Å². The van der Waals surface area contributed by atoms with Gasteiger partial charge in [-0.15, -0.1) is 0 Å². The molecule has 1 aromatic carbocycles. The molecule has 0 spiro atoms. The van der Waals surface area contributed by atoms with Crippen molar-refractivity contribution in [2.24, 2.45) is 5.41 Å². The molecule has 0 aromatic heterocycles. The van der Waals surface area contributed by atoms with E-state index in [0.717, 1.165) is 13.0 Å². The van der Waals surface area contributed by atoms with Gasteiger partial charge in [-0.25, -0.2) is 0 Å². The molecular weight excluding hydrogens is 242 g/mol. The summed E-state index contributed by atoms with van der Waals surface area (Å²) in [6.45, 7) is 3.01. The molecule has 1 aliphatic rings. The van der Waals surface area contributed by atoms with Crippen LogP contribution in [0.4, 0.5) is 17.1 Å². The lowest BCUT2D eigenvalue weighted by atomic mass is 9.67. The lowest BCUT2D eigenvalue weighted by Gasteiger charge is -2.41. The van der Waals surface area contributed by atoms with Crippen molar-refractivity contribution < 1.29 is 4.92 Å². The zero-order chi connectivity index (χ0) is 13.9. The van der Waals surface area contributed by atoms with Gasteiger partial charge >= 0.3 is 5.69 Å². The Hall–Kier alpha value is -1.78. The number of anilines is 2. The van der Waals surface area contributed by atoms with Crippen LogP contribution in [-0.4, -0.2) is 18.5 Å². The van der Waals surface area contributed by atoms with Gasteiger partial charge in [0, 0.05) is 13.6 Å². The Morgan fingerprint density at radius 3 is 2.53 bits per heavy atom. The number of hydrogen-bond donors (Lipinski definition) is 2. The minimum atomic E-state index is -0.326. The molecule has 0 unspecified atom stereocenters. The lowest BCUT2D eigenvalue weighted by Crippen LogP contribution is -2.35. The third kappa shape index (κ3) is 2.64. The summed E-state index contributed by atoms with van der Waals surface area (Å²) in [5.74, 6) is 0. The highest BCUT2D eigenvalue weighted by Gasteiger charge is 2.35. The molecule has 2 rings (SSSR count). The molecule has 0 radical (unpaired) electrons. The van der Waals surface area contributed by atoms with Crippen molar-refractivity contribution in [3.05, 3.63) is 28.3 Å². The van der Waals surface area contributed by atoms with E-state index in [1.54, 1.807) is 19.2 Å². The van der Waals surface area contributed by atoms with E-state index in [-0.39, 0.29) is 10.6 Å². The summed E-state index contributed by atoms with van der Waals surface area (Å²) in [6.07, 6.45) is 4.83. The average molecular weight is 263 g/mol. The van der Waals surface area contributed by atoms with Gasteiger partial charge in [-0.05, 0) is 36.8 Å². The Bertz CT molecular complexity index is 464. The minimum Gasteiger partial charge on any atom is -0.382 e. The molecule has 5 nitrogen and oxygen atoms in total. The minimum absolute atomic E-state index is 0.135. The summed E-state index contributed by atoms with van der Waals surface area (Å²) < 4.78 is 0. The van der Waals surface area contributed by atoms with Gasteiger partial charge in [0.1, 0.15) is 11.4 Å². The summed E-state index contributed by atoms with van der Waals surface area (Å²) in [4.78, 5) is 10.9. The highest BCUT2D eigenvalue weighted by atomic mass is 16.6. The molecule has 5 heteroatoms. The molecule has 1 saturated carbocycles. The van der Waals surface area contributed by atoms with Gasteiger partial charge in [0.2, 0.25) is 0 Å². The average Bonchev–Trinajstić information content (AvgIpc) is 2.37. The van der Waals surface area contributed by atoms with E-state index in [0.29, 0.717) is 16.8 Å². The first-order chi connectivity index (χ1) is 9.12. The van der Waals surface area contributed by atoms with Gasteiger partial charge in [-0.1, -0.05) is 19.4 Å². The summed E-state index contributed by atoms with van der Waals surface area (Å²) in [5, 5.41) is 17.4. The van der Waals surface area contributed by atoms with Crippen molar-refractivity contribution in [1.29, 1.82) is 0 Å². The monoisotopic (exact) mass is 263 g/mol. The fourth-order valence-corrected chi connectivity index (χ4v) is 2.70. The first kappa shape index (κ1) is 13.6. The highest BCUT2D eigenvalue weighted by Crippen LogP contribution is 2.44. The topological polar surface area (TPSA) is 67.2 Å². The van der Waals surface area contributed by atoms with Gasteiger partial charge in [-0.2, -0.15) is 0 Å². The third-order valence-electron chi connectivity index (χ3n) is 4.31. The molecule has 1 aliphatic carbocycles. The smallest absolute Gasteiger partial charge is 0.315 e. The van der Waals surface area contributed by atoms with Crippen molar-refractivity contribution >= 4 is 17.1 Å². The number of benzene rings is 1. The number of nitrogens with zero attached hydrogens (tertiary/aromatic N) is 1. The van der Waals surface area contributed by atoms with Crippen molar-refractivity contribution in [2.45, 2.75) is 32.6 Å². The van der Waals surface area contributed by atoms with Crippen molar-refractivity contribution in [2.75, 3.05) is 24.2 Å². The predicted molar refractivity (Wildman–Crippen MR) is 77.7 cm³/mol. The summed E-state index contributed by atoms with van der Waals surface area (Å²) in [7, 11) is 1.70. The second kappa shape index (κ2) is 5.47. The molecule has 1 aromatic rings. The molecule has 0 aliphatic heterocycles. The van der Waals surface area contributed by atoms with Crippen LogP contribution in [-0.2, 0) is 0 Å². The van der Waals surface area contributed by atoms with E-state index in [1.165, 1.54) is 19.3 Å². The van der Waals surface area contributed by atoms with Gasteiger partial charge in [-0.3, -0.25) is 10.1 Å². The van der Waals surface area contributed by atoms with Crippen molar-refractivity contribution in [1.82, 2.24) is 0 Å². The Labute approximate surface area is 113 Å². The molecule has 0 atom stereocenters. The fourth-order valence-electron chi connectivity index (χ4n) is 2.70. The van der Waals surface area contributed by atoms with E-state index in [1.807, 2.05) is 6.07 Å². The molecule has 0 saturated heterocycles. The van der Waals surface area contributed by atoms with Crippen LogP contribution < -0.4 is 10.6 Å². The third-order valence-corrected chi connectivity index (χ3v) is 4.31. The van der Waals surface area contributed by atoms with Gasteiger partial charge < -0.3 is 10.6 Å². The second-order valence-electron chi connectivity index (χ2n) is 5.27. The van der Waals surface area contributed by atoms with E-state index >= 15 is 0 Å². The Balaban J connectivity index is 2.18. The number of nitrogens with one attached hydrogen (secondary N) is 2. The maximum atomic E-state index is 11.2. The molecule has 0 bridgehead atoms. The normalized spacial score (nSPS) is 16.5. The van der Waals surface area contributed by atoms with E-state index in [9.17, 15) is 10.1 Å². The number of para-hydroxylation sites is 1. The Morgan fingerprint density at radius 2 is 2.05 bits per heavy atom. The maximum Gasteiger partial charge on any atom is 0.315 e. The predicted octanol–water partition coefficient (Wildman–Crippen LogP) is 3.63. The van der Waals surface area contributed by atoms with Crippen LogP contribution in [0.25, 0.3) is 0 Å². The molecule has 0 heterocycles. The second-order valence-corrected chi connectivity index (χ2v) is 5.27. The van der Waals surface area contributed by atoms with Crippen LogP contribution >= 0.6 is 0 Å². The van der Waals surface area contributed by atoms with Crippen LogP contribution in [0.1, 0.15) is 32.6 Å². The first-order valence-corrected chi connectivity index (χ1v) is 6.81. The van der Waals surface area contributed by atoms with Gasteiger partial charge in [0.05, 0.1) is 4.92 Å². The first-order valence-electron chi connectivity index (χ1n) is 6.81. The van der Waals surface area contributed by atoms with Crippen LogP contribution in [0, 0.1) is 15.5 Å². The van der Waals surface area contributed by atoms with Crippen molar-refractivity contribution in [3.63, 3.8) is 0 Å². The quantitative estimate of drug-likeness (QED) is 0.607. The van der Waals surface area contributed by atoms with Crippen LogP contribution in [0.3, 0.4) is 0 Å². The van der Waals surface area contributed by atoms with E-state index in [2.05, 4.69) is 17.6 Å². The largest absolute Gasteiger partial charge is 0.382 e. The van der Waals surface area contributed by atoms with Crippen LogP contribution in [0.5, 0.6) is 0 Å². The number of nitro groups is 1.